The summed E-state index contributed by atoms with van der Waals surface area (Å²) in [6.45, 7) is 2.81. The van der Waals surface area contributed by atoms with E-state index in [1.54, 1.807) is 0 Å². The van der Waals surface area contributed by atoms with E-state index in [-0.39, 0.29) is 36.0 Å². The number of benzene rings is 1. The lowest BCUT2D eigenvalue weighted by Gasteiger charge is -2.16. The number of aliphatic imine (C=N–C) groups is 1. The van der Waals surface area contributed by atoms with E-state index in [1.807, 2.05) is 25.1 Å². The van der Waals surface area contributed by atoms with Crippen LogP contribution in [0.3, 0.4) is 0 Å². The molecule has 1 aromatic carbocycles. The Morgan fingerprint density at radius 2 is 1.88 bits per heavy atom. The van der Waals surface area contributed by atoms with Gasteiger partial charge < -0.3 is 15.4 Å². The normalized spacial score (nSPS) is 15.9. The van der Waals surface area contributed by atoms with Crippen LogP contribution >= 0.6 is 24.0 Å². The van der Waals surface area contributed by atoms with Crippen LogP contribution in [0.2, 0.25) is 0 Å². The maximum absolute atomic E-state index is 12.0. The SMILES string of the molecule is CCNC(=NCC1(c2ccccc2)CC1)NCCCOCC(F)(F)F.I. The average molecular weight is 485 g/mol. The molecule has 0 aromatic heterocycles. The summed E-state index contributed by atoms with van der Waals surface area (Å²) in [7, 11) is 0. The number of halogens is 4. The van der Waals surface area contributed by atoms with Crippen molar-refractivity contribution in [3.8, 4) is 0 Å². The van der Waals surface area contributed by atoms with Gasteiger partial charge in [0, 0.05) is 25.1 Å². The molecule has 2 rings (SSSR count). The van der Waals surface area contributed by atoms with Gasteiger partial charge in [-0.2, -0.15) is 13.2 Å². The number of alkyl halides is 3. The zero-order chi connectivity index (χ0) is 18.2. The van der Waals surface area contributed by atoms with Crippen molar-refractivity contribution in [2.45, 2.75) is 37.8 Å². The van der Waals surface area contributed by atoms with Crippen molar-refractivity contribution < 1.29 is 17.9 Å². The van der Waals surface area contributed by atoms with E-state index >= 15 is 0 Å². The topological polar surface area (TPSA) is 45.7 Å². The lowest BCUT2D eigenvalue weighted by atomic mass is 9.96. The van der Waals surface area contributed by atoms with Gasteiger partial charge in [0.15, 0.2) is 5.96 Å². The number of nitrogens with zero attached hydrogens (tertiary/aromatic N) is 1. The predicted octanol–water partition coefficient (Wildman–Crippen LogP) is 3.86. The molecule has 0 atom stereocenters. The van der Waals surface area contributed by atoms with Crippen LogP contribution in [0.1, 0.15) is 31.7 Å². The molecule has 148 valence electrons. The van der Waals surface area contributed by atoms with Gasteiger partial charge in [0.2, 0.25) is 0 Å². The molecule has 0 spiro atoms. The highest BCUT2D eigenvalue weighted by Gasteiger charge is 2.43. The number of hydrogen-bond donors (Lipinski definition) is 2. The first kappa shape index (κ1) is 23.0. The largest absolute Gasteiger partial charge is 0.411 e. The number of nitrogens with one attached hydrogen (secondary N) is 2. The molecule has 0 bridgehead atoms. The minimum absolute atomic E-state index is 0. The lowest BCUT2D eigenvalue weighted by Crippen LogP contribution is -2.38. The number of guanidine groups is 1. The molecule has 0 unspecified atom stereocenters. The molecule has 1 aromatic rings. The van der Waals surface area contributed by atoms with Crippen LogP contribution in [0, 0.1) is 0 Å². The van der Waals surface area contributed by atoms with Gasteiger partial charge in [-0.15, -0.1) is 24.0 Å². The second kappa shape index (κ2) is 11.0. The fourth-order valence-corrected chi connectivity index (χ4v) is 2.62. The third-order valence-corrected chi connectivity index (χ3v) is 4.15. The average Bonchev–Trinajstić information content (AvgIpc) is 3.37. The van der Waals surface area contributed by atoms with Gasteiger partial charge in [0.25, 0.3) is 0 Å². The molecule has 2 N–H and O–H groups in total. The molecule has 4 nitrogen and oxygen atoms in total. The standard InChI is InChI=1S/C18H26F3N3O.HI/c1-2-22-16(23-11-6-12-25-14-18(19,20)21)24-13-17(9-10-17)15-7-4-3-5-8-15;/h3-5,7-8H,2,6,9-14H2,1H3,(H2,22,23,24);1H. The Morgan fingerprint density at radius 3 is 2.46 bits per heavy atom. The van der Waals surface area contributed by atoms with Gasteiger partial charge in [-0.25, -0.2) is 0 Å². The first-order valence-corrected chi connectivity index (χ1v) is 8.67. The van der Waals surface area contributed by atoms with Crippen molar-refractivity contribution >= 4 is 29.9 Å². The van der Waals surface area contributed by atoms with Crippen molar-refractivity contribution in [2.75, 3.05) is 32.8 Å². The molecule has 0 aliphatic heterocycles. The smallest absolute Gasteiger partial charge is 0.372 e. The maximum Gasteiger partial charge on any atom is 0.411 e. The van der Waals surface area contributed by atoms with Gasteiger partial charge in [-0.05, 0) is 31.7 Å². The van der Waals surface area contributed by atoms with Crippen molar-refractivity contribution in [3.63, 3.8) is 0 Å². The van der Waals surface area contributed by atoms with Gasteiger partial charge in [-0.1, -0.05) is 30.3 Å². The van der Waals surface area contributed by atoms with Crippen LogP contribution in [-0.4, -0.2) is 45.0 Å². The molecule has 0 amide bonds. The second-order valence-corrected chi connectivity index (χ2v) is 6.29. The summed E-state index contributed by atoms with van der Waals surface area (Å²) in [6.07, 6.45) is -1.51. The molecular formula is C18H27F3IN3O. The van der Waals surface area contributed by atoms with E-state index in [2.05, 4.69) is 32.5 Å². The van der Waals surface area contributed by atoms with Crippen LogP contribution in [0.15, 0.2) is 35.3 Å². The van der Waals surface area contributed by atoms with Crippen LogP contribution < -0.4 is 10.6 Å². The predicted molar refractivity (Wildman–Crippen MR) is 108 cm³/mol. The second-order valence-electron chi connectivity index (χ2n) is 6.29. The van der Waals surface area contributed by atoms with Crippen LogP contribution in [0.25, 0.3) is 0 Å². The lowest BCUT2D eigenvalue weighted by molar-refractivity contribution is -0.173. The zero-order valence-corrected chi connectivity index (χ0v) is 17.3. The summed E-state index contributed by atoms with van der Waals surface area (Å²) in [6, 6.07) is 10.4. The van der Waals surface area contributed by atoms with E-state index in [0.717, 1.165) is 19.4 Å². The summed E-state index contributed by atoms with van der Waals surface area (Å²) < 4.78 is 40.5. The van der Waals surface area contributed by atoms with Crippen LogP contribution in [-0.2, 0) is 10.2 Å². The Kier molecular flexibility index (Phi) is 9.70. The summed E-state index contributed by atoms with van der Waals surface area (Å²) in [5.74, 6) is 0.695. The highest BCUT2D eigenvalue weighted by atomic mass is 127. The number of hydrogen-bond acceptors (Lipinski definition) is 2. The van der Waals surface area contributed by atoms with Gasteiger partial charge in [-0.3, -0.25) is 4.99 Å². The van der Waals surface area contributed by atoms with Gasteiger partial charge >= 0.3 is 6.18 Å². The number of rotatable bonds is 9. The van der Waals surface area contributed by atoms with Crippen LogP contribution in [0.4, 0.5) is 13.2 Å². The minimum atomic E-state index is -4.26. The molecule has 1 aliphatic rings. The van der Waals surface area contributed by atoms with Gasteiger partial charge in [0.05, 0.1) is 6.54 Å². The van der Waals surface area contributed by atoms with Gasteiger partial charge in [0.1, 0.15) is 6.61 Å². The molecule has 26 heavy (non-hydrogen) atoms. The summed E-state index contributed by atoms with van der Waals surface area (Å²) in [5.41, 5.74) is 1.45. The Balaban J connectivity index is 0.00000338. The molecule has 1 fully saturated rings. The highest BCUT2D eigenvalue weighted by molar-refractivity contribution is 14.0. The highest BCUT2D eigenvalue weighted by Crippen LogP contribution is 2.48. The van der Waals surface area contributed by atoms with E-state index in [9.17, 15) is 13.2 Å². The monoisotopic (exact) mass is 485 g/mol. The van der Waals surface area contributed by atoms with Crippen molar-refractivity contribution in [2.24, 2.45) is 4.99 Å². The molecule has 1 aliphatic carbocycles. The third kappa shape index (κ3) is 8.11. The summed E-state index contributed by atoms with van der Waals surface area (Å²) in [4.78, 5) is 4.65. The molecule has 8 heteroatoms. The Bertz CT molecular complexity index is 548. The summed E-state index contributed by atoms with van der Waals surface area (Å²) in [5, 5.41) is 6.32. The molecule has 0 saturated heterocycles. The maximum atomic E-state index is 12.0. The van der Waals surface area contributed by atoms with E-state index in [1.165, 1.54) is 5.56 Å². The van der Waals surface area contributed by atoms with Crippen LogP contribution in [0.5, 0.6) is 0 Å². The molecule has 0 radical (unpaired) electrons. The summed E-state index contributed by atoms with van der Waals surface area (Å²) >= 11 is 0. The molecule has 1 saturated carbocycles. The Labute approximate surface area is 170 Å². The minimum Gasteiger partial charge on any atom is -0.372 e. The van der Waals surface area contributed by atoms with E-state index in [4.69, 9.17) is 0 Å². The third-order valence-electron chi connectivity index (χ3n) is 4.15. The fraction of sp³-hybridized carbons (Fsp3) is 0.611. The van der Waals surface area contributed by atoms with E-state index in [0.29, 0.717) is 25.5 Å². The van der Waals surface area contributed by atoms with Crippen molar-refractivity contribution in [3.05, 3.63) is 35.9 Å². The zero-order valence-electron chi connectivity index (χ0n) is 14.9. The molecule has 0 heterocycles. The van der Waals surface area contributed by atoms with Crippen molar-refractivity contribution in [1.82, 2.24) is 10.6 Å². The fourth-order valence-electron chi connectivity index (χ4n) is 2.62. The first-order chi connectivity index (χ1) is 12.0. The quantitative estimate of drug-likeness (QED) is 0.242. The number of ether oxygens (including phenoxy) is 1. The molecular weight excluding hydrogens is 458 g/mol. The van der Waals surface area contributed by atoms with Crippen molar-refractivity contribution in [1.29, 1.82) is 0 Å². The Hall–Kier alpha value is -1.03. The Morgan fingerprint density at radius 1 is 1.19 bits per heavy atom. The first-order valence-electron chi connectivity index (χ1n) is 8.67. The van der Waals surface area contributed by atoms with E-state index < -0.39 is 12.8 Å².